The second kappa shape index (κ2) is 1.30. The number of rotatable bonds is 0. The molecule has 0 atom stereocenters. The first kappa shape index (κ1) is 3.67. The zero-order chi connectivity index (χ0) is 4.41. The van der Waals surface area contributed by atoms with Gasteiger partial charge in [0.05, 0.1) is 5.92 Å². The van der Waals surface area contributed by atoms with E-state index in [-0.39, 0.29) is 0 Å². The van der Waals surface area contributed by atoms with E-state index in [9.17, 15) is 0 Å². The Labute approximate surface area is 37.8 Å². The van der Waals surface area contributed by atoms with E-state index in [0.717, 1.165) is 5.92 Å². The van der Waals surface area contributed by atoms with Crippen LogP contribution in [0, 0.1) is 12.0 Å². The predicted octanol–water partition coefficient (Wildman–Crippen LogP) is 1.36. The highest BCUT2D eigenvalue weighted by atomic mass is 14.6. The summed E-state index contributed by atoms with van der Waals surface area (Å²) in [5.74, 6) is 0.731. The minimum atomic E-state index is 0.731. The molecule has 0 aliphatic heterocycles. The van der Waals surface area contributed by atoms with Crippen molar-refractivity contribution in [2.24, 2.45) is 5.92 Å². The summed E-state index contributed by atoms with van der Waals surface area (Å²) in [5.41, 5.74) is 0. The van der Waals surface area contributed by atoms with E-state index in [0.29, 0.717) is 0 Å². The molecule has 0 heterocycles. The van der Waals surface area contributed by atoms with Crippen molar-refractivity contribution >= 4 is 0 Å². The molecule has 0 N–H and O–H groups in total. The van der Waals surface area contributed by atoms with Gasteiger partial charge in [-0.05, 0) is 12.8 Å². The highest BCUT2D eigenvalue weighted by Gasteiger charge is 2.24. The van der Waals surface area contributed by atoms with Gasteiger partial charge in [0.15, 0.2) is 0 Å². The maximum absolute atomic E-state index is 3.75. The average Bonchev–Trinajstić information content (AvgIpc) is 2.21. The van der Waals surface area contributed by atoms with Crippen molar-refractivity contribution in [3.63, 3.8) is 0 Å². The van der Waals surface area contributed by atoms with Gasteiger partial charge in [-0.3, -0.25) is 0 Å². The third kappa shape index (κ3) is 0.718. The fraction of sp³-hybridized carbons (Fsp3) is 0.800. The van der Waals surface area contributed by atoms with Crippen LogP contribution in [0.3, 0.4) is 0 Å². The van der Waals surface area contributed by atoms with Gasteiger partial charge < -0.3 is 0 Å². The molecule has 0 amide bonds. The van der Waals surface area contributed by atoms with Crippen LogP contribution in [0.2, 0.25) is 0 Å². The van der Waals surface area contributed by atoms with Crippen LogP contribution >= 0.6 is 0 Å². The van der Waals surface area contributed by atoms with Crippen molar-refractivity contribution in [1.82, 2.24) is 0 Å². The lowest BCUT2D eigenvalue weighted by Crippen LogP contribution is -1.55. The first-order valence-electron chi connectivity index (χ1n) is 2.28. The minimum absolute atomic E-state index is 0.731. The van der Waals surface area contributed by atoms with Gasteiger partial charge in [0.1, 0.15) is 0 Å². The predicted molar refractivity (Wildman–Crippen MR) is 25.9 cm³/mol. The Morgan fingerprint density at radius 1 is 1.67 bits per heavy atom. The van der Waals surface area contributed by atoms with Crippen molar-refractivity contribution in [1.29, 1.82) is 0 Å². The van der Waals surface area contributed by atoms with E-state index in [2.05, 4.69) is 10.9 Å². The summed E-state index contributed by atoms with van der Waals surface area (Å²) in [6.45, 7) is 0. The number of nitrogens with zero attached hydrogens (tertiary/aromatic N) is 1. The Balaban J connectivity index is 2.27. The maximum Gasteiger partial charge on any atom is 0.275 e. The molecule has 1 saturated carbocycles. The standard InChI is InChI=1S/C5H8N/c1-6-4-5-2-3-5/h5H,2-3H2,1H3/q+1. The Hall–Kier alpha value is -0.510. The highest BCUT2D eigenvalue weighted by Crippen LogP contribution is 2.27. The molecular weight excluding hydrogens is 74.1 g/mol. The van der Waals surface area contributed by atoms with Crippen molar-refractivity contribution < 1.29 is 0 Å². The molecule has 1 aliphatic rings. The van der Waals surface area contributed by atoms with Gasteiger partial charge >= 0.3 is 0 Å². The van der Waals surface area contributed by atoms with Crippen LogP contribution in [0.15, 0.2) is 0 Å². The largest absolute Gasteiger partial charge is 0.275 e. The molecule has 1 fully saturated rings. The van der Waals surface area contributed by atoms with Gasteiger partial charge in [0.25, 0.3) is 13.1 Å². The minimum Gasteiger partial charge on any atom is -0.0867 e. The molecule has 0 aromatic heterocycles. The summed E-state index contributed by atoms with van der Waals surface area (Å²) in [6.07, 6.45) is 2.63. The molecule has 32 valence electrons. The third-order valence-electron chi connectivity index (χ3n) is 0.889. The maximum atomic E-state index is 3.75. The monoisotopic (exact) mass is 82.1 g/mol. The molecule has 0 saturated heterocycles. The smallest absolute Gasteiger partial charge is 0.0867 e. The van der Waals surface area contributed by atoms with Crippen LogP contribution < -0.4 is 0 Å². The summed E-state index contributed by atoms with van der Waals surface area (Å²) in [7, 11) is 1.78. The van der Waals surface area contributed by atoms with Gasteiger partial charge in [-0.15, -0.1) is 0 Å². The van der Waals surface area contributed by atoms with Gasteiger partial charge in [0, 0.05) is 0 Å². The zero-order valence-electron chi connectivity index (χ0n) is 3.94. The number of hydrogen-bond donors (Lipinski definition) is 0. The molecule has 0 spiro atoms. The molecule has 0 radical (unpaired) electrons. The second-order valence-electron chi connectivity index (χ2n) is 1.63. The quantitative estimate of drug-likeness (QED) is 0.415. The topological polar surface area (TPSA) is 4.36 Å². The van der Waals surface area contributed by atoms with E-state index < -0.39 is 0 Å². The van der Waals surface area contributed by atoms with E-state index in [4.69, 9.17) is 0 Å². The van der Waals surface area contributed by atoms with Crippen LogP contribution in [-0.2, 0) is 0 Å². The highest BCUT2D eigenvalue weighted by molar-refractivity contribution is 4.99. The van der Waals surface area contributed by atoms with Crippen LogP contribution in [0.4, 0.5) is 0 Å². The van der Waals surface area contributed by atoms with E-state index in [1.54, 1.807) is 7.05 Å². The summed E-state index contributed by atoms with van der Waals surface area (Å²) in [5, 5.41) is 0. The molecule has 1 heteroatoms. The summed E-state index contributed by atoms with van der Waals surface area (Å²) < 4.78 is 0. The lowest BCUT2D eigenvalue weighted by Gasteiger charge is -1.47. The van der Waals surface area contributed by atoms with Crippen molar-refractivity contribution in [2.45, 2.75) is 12.8 Å². The van der Waals surface area contributed by atoms with Crippen LogP contribution in [-0.4, -0.2) is 7.05 Å². The third-order valence-corrected chi connectivity index (χ3v) is 0.889. The first-order chi connectivity index (χ1) is 2.93. The van der Waals surface area contributed by atoms with Crippen LogP contribution in [0.1, 0.15) is 12.8 Å². The summed E-state index contributed by atoms with van der Waals surface area (Å²) in [6, 6.07) is 2.94. The summed E-state index contributed by atoms with van der Waals surface area (Å²) in [4.78, 5) is 3.75. The van der Waals surface area contributed by atoms with E-state index in [1.807, 2.05) is 0 Å². The average molecular weight is 82.1 g/mol. The fourth-order valence-electron chi connectivity index (χ4n) is 0.395. The molecule has 0 bridgehead atoms. The first-order valence-corrected chi connectivity index (χ1v) is 2.28. The van der Waals surface area contributed by atoms with E-state index in [1.165, 1.54) is 12.8 Å². The van der Waals surface area contributed by atoms with Crippen molar-refractivity contribution in [2.75, 3.05) is 7.05 Å². The van der Waals surface area contributed by atoms with Gasteiger partial charge in [0.2, 0.25) is 0 Å². The molecule has 1 nitrogen and oxygen atoms in total. The Bertz CT molecular complexity index is 92.2. The van der Waals surface area contributed by atoms with Crippen molar-refractivity contribution in [3.05, 3.63) is 4.85 Å². The normalized spacial score (nSPS) is 18.8. The lowest BCUT2D eigenvalue weighted by molar-refractivity contribution is 1.17. The number of hydrogen-bond acceptors (Lipinski definition) is 0. The van der Waals surface area contributed by atoms with Crippen LogP contribution in [0.25, 0.3) is 4.85 Å². The molecule has 6 heavy (non-hydrogen) atoms. The fourth-order valence-corrected chi connectivity index (χ4v) is 0.395. The van der Waals surface area contributed by atoms with Gasteiger partial charge in [-0.1, -0.05) is 4.85 Å². The van der Waals surface area contributed by atoms with Crippen LogP contribution in [0.5, 0.6) is 0 Å². The molecule has 1 aliphatic carbocycles. The van der Waals surface area contributed by atoms with Gasteiger partial charge in [-0.2, -0.15) is 0 Å². The zero-order valence-corrected chi connectivity index (χ0v) is 3.94. The summed E-state index contributed by atoms with van der Waals surface area (Å²) >= 11 is 0. The Kier molecular flexibility index (Phi) is 0.795. The van der Waals surface area contributed by atoms with E-state index >= 15 is 0 Å². The Morgan fingerprint density at radius 2 is 2.33 bits per heavy atom. The second-order valence-corrected chi connectivity index (χ2v) is 1.63. The molecule has 1 rings (SSSR count). The lowest BCUT2D eigenvalue weighted by atomic mass is 10.5. The van der Waals surface area contributed by atoms with Crippen molar-refractivity contribution in [3.8, 4) is 6.07 Å². The molecule has 0 unspecified atom stereocenters. The molecule has 0 aromatic carbocycles. The Morgan fingerprint density at radius 3 is 2.50 bits per heavy atom. The molecule has 0 aromatic rings. The SMILES string of the molecule is C[N+]#CC1CC1. The molecular formula is C5H8N+. The van der Waals surface area contributed by atoms with Gasteiger partial charge in [-0.25, -0.2) is 0 Å².